The van der Waals surface area contributed by atoms with E-state index in [1.165, 1.54) is 165 Å². The standard InChI is InChI=1S/2C10H14O2.C9H12O4.4C9H12O2.C8H10O5.C7H8O4.3C5H8O2.3C4H6O2.2C2H6O/c2*1-5-8-6-2-3-7(4-6)9(8)10(11)12-5;1-3-7(10)13-9(2)4-5-12-8(11)6-9;4*10-9-8-6-2-1-5(3-6)7(8)4-11-9;1-3-6(9)13-7-5(11-2)4-12-8(7)10;1-2-6(8)11-5-3-7(9)10-4-5;3*1-4(2)5(6)7-3;3*1-3-4(5)6-2;2*1-3-2/h2*5-9H,2-4H2,1H3;3H,1,4-6H2,2H3;4*5-8H,1-4H2;3,5,7H,1,4H2,2H3;2,5H,1,3-4H2;3*1H2,2-3H3;3*3H,1H2,2H3;2*1-2H3. The van der Waals surface area contributed by atoms with E-state index in [0.717, 1.165) is 98.4 Å². The van der Waals surface area contributed by atoms with Crippen molar-refractivity contribution < 1.29 is 186 Å². The Kier molecular flexibility index (Phi) is 54.8. The van der Waals surface area contributed by atoms with Crippen molar-refractivity contribution >= 4 is 107 Å². The fourth-order valence-corrected chi connectivity index (χ4v) is 24.3. The molecule has 12 bridgehead atoms. The maximum Gasteiger partial charge on any atom is 0.350 e. The van der Waals surface area contributed by atoms with Crippen molar-refractivity contribution in [3.05, 3.63) is 112 Å². The lowest BCUT2D eigenvalue weighted by Crippen LogP contribution is -2.39. The first-order valence-electron chi connectivity index (χ1n) is 51.0. The maximum absolute atomic E-state index is 11.4. The summed E-state index contributed by atoms with van der Waals surface area (Å²) in [7, 11) is 15.8. The fraction of sp³-hybridized carbons (Fsp3) is 0.676. The monoisotopic (exact) mass is 2120 g/mol. The molecule has 0 radical (unpaired) electrons. The van der Waals surface area contributed by atoms with Gasteiger partial charge in [-0.25, -0.2) is 47.9 Å². The van der Waals surface area contributed by atoms with Crippen LogP contribution in [0.1, 0.15) is 176 Å². The number of hydrogen-bond donors (Lipinski definition) is 0. The molecule has 9 heterocycles. The third-order valence-electron chi connectivity index (χ3n) is 30.9. The molecule has 0 N–H and O–H groups in total. The van der Waals surface area contributed by atoms with Gasteiger partial charge in [-0.15, -0.1) is 0 Å². The predicted octanol–water partition coefficient (Wildman–Crippen LogP) is 12.3. The van der Waals surface area contributed by atoms with Gasteiger partial charge >= 0.3 is 107 Å². The first kappa shape index (κ1) is 128. The summed E-state index contributed by atoms with van der Waals surface area (Å²) in [6.45, 7) is 43.4. The maximum atomic E-state index is 11.4. The van der Waals surface area contributed by atoms with E-state index in [2.05, 4.69) is 120 Å². The first-order chi connectivity index (χ1) is 71.2. The van der Waals surface area contributed by atoms with Crippen molar-refractivity contribution in [3.8, 4) is 0 Å². The minimum atomic E-state index is -0.963. The van der Waals surface area contributed by atoms with Crippen molar-refractivity contribution in [3.63, 3.8) is 0 Å². The number of hydrogen-bond acceptors (Lipinski definition) is 39. The van der Waals surface area contributed by atoms with E-state index in [0.29, 0.717) is 136 Å². The lowest BCUT2D eigenvalue weighted by molar-refractivity contribution is -0.172. The molecule has 30 unspecified atom stereocenters. The zero-order chi connectivity index (χ0) is 112. The van der Waals surface area contributed by atoms with Crippen LogP contribution < -0.4 is 0 Å². The van der Waals surface area contributed by atoms with Crippen molar-refractivity contribution in [2.24, 2.45) is 142 Å². The van der Waals surface area contributed by atoms with Crippen LogP contribution in [0.2, 0.25) is 0 Å². The van der Waals surface area contributed by atoms with Crippen LogP contribution >= 0.6 is 0 Å². The Hall–Kier alpha value is -12.0. The Bertz CT molecular complexity index is 4350. The molecule has 0 amide bonds. The van der Waals surface area contributed by atoms with Crippen molar-refractivity contribution in [2.45, 2.75) is 213 Å². The summed E-state index contributed by atoms with van der Waals surface area (Å²) in [5, 5.41) is 0. The molecule has 9 aliphatic heterocycles. The average Bonchev–Trinajstić information content (AvgIpc) is 1.59. The van der Waals surface area contributed by atoms with Crippen LogP contribution in [0.4, 0.5) is 0 Å². The zero-order valence-corrected chi connectivity index (χ0v) is 90.3. The smallest absolute Gasteiger partial charge is 0.350 e. The van der Waals surface area contributed by atoms with Crippen molar-refractivity contribution in [1.29, 1.82) is 0 Å². The van der Waals surface area contributed by atoms with E-state index in [9.17, 15) is 86.3 Å². The van der Waals surface area contributed by atoms with Crippen LogP contribution in [0.25, 0.3) is 0 Å². The van der Waals surface area contributed by atoms with Crippen LogP contribution in [-0.4, -0.2) is 268 Å². The summed E-state index contributed by atoms with van der Waals surface area (Å²) in [5.41, 5.74) is 0.577. The molecule has 39 heteroatoms. The second-order valence-corrected chi connectivity index (χ2v) is 40.4. The molecule has 0 aromatic rings. The molecular formula is C111H160O39. The minimum absolute atomic E-state index is 0.0969. The van der Waals surface area contributed by atoms with Gasteiger partial charge in [0.2, 0.25) is 6.10 Å². The third-order valence-corrected chi connectivity index (χ3v) is 30.9. The van der Waals surface area contributed by atoms with E-state index < -0.39 is 65.7 Å². The number of carbonyl (C=O) groups is 18. The molecule has 0 spiro atoms. The van der Waals surface area contributed by atoms with Crippen LogP contribution in [-0.2, 0) is 186 Å². The summed E-state index contributed by atoms with van der Waals surface area (Å²) in [6.07, 6.45) is 29.4. The molecule has 0 aromatic carbocycles. The number of cyclic esters (lactones) is 9. The fourth-order valence-electron chi connectivity index (χ4n) is 24.3. The van der Waals surface area contributed by atoms with Gasteiger partial charge in [0.1, 0.15) is 43.2 Å². The predicted molar refractivity (Wildman–Crippen MR) is 537 cm³/mol. The first-order valence-corrected chi connectivity index (χ1v) is 51.0. The van der Waals surface area contributed by atoms with Gasteiger partial charge in [-0.1, -0.05) is 59.2 Å². The summed E-state index contributed by atoms with van der Waals surface area (Å²) in [6, 6.07) is 0. The summed E-state index contributed by atoms with van der Waals surface area (Å²) in [5.74, 6) is 9.96. The van der Waals surface area contributed by atoms with Gasteiger partial charge in [-0.05, 0) is 228 Å². The lowest BCUT2D eigenvalue weighted by atomic mass is 9.79. The van der Waals surface area contributed by atoms with Gasteiger partial charge in [-0.2, -0.15) is 0 Å². The van der Waals surface area contributed by atoms with Gasteiger partial charge in [0, 0.05) is 131 Å². The topological polar surface area (TPSA) is 501 Å². The molecule has 0 aromatic heterocycles. The van der Waals surface area contributed by atoms with Gasteiger partial charge in [0.05, 0.1) is 124 Å². The molecule has 21 fully saturated rings. The van der Waals surface area contributed by atoms with Crippen LogP contribution in [0, 0.1) is 142 Å². The highest BCUT2D eigenvalue weighted by atomic mass is 16.6. The summed E-state index contributed by atoms with van der Waals surface area (Å²) < 4.78 is 97.8. The quantitative estimate of drug-likeness (QED) is 0.0938. The van der Waals surface area contributed by atoms with Gasteiger partial charge in [0.15, 0.2) is 0 Å². The molecule has 9 saturated heterocycles. The Morgan fingerprint density at radius 2 is 0.600 bits per heavy atom. The number of fused-ring (bicyclic) bond motifs is 30. The van der Waals surface area contributed by atoms with Crippen LogP contribution in [0.5, 0.6) is 0 Å². The second kappa shape index (κ2) is 64.0. The molecule has 21 aliphatic rings. The number of rotatable bonds is 13. The lowest BCUT2D eigenvalue weighted by Gasteiger charge is -2.31. The second-order valence-electron chi connectivity index (χ2n) is 40.4. The SMILES string of the molecule is C=C(C)C(=O)OC.C=C(C)C(=O)OC.C=C(C)C(=O)OC.C=CC(=O)OC.C=CC(=O)OC.C=CC(=O)OC.C=CC(=O)OC1(C)CCOC(=O)C1.C=CC(=O)OC1C(=O)OCC1OC.C=CC(=O)OC1COC(=O)C1.CC1OC(=O)C2C3CCC(C3)C12.CC1OC(=O)C2C3CCC(C3)C12.COC.COC.O=C1OCC2C3CCC(C3)C12.O=C1OCC2C3CCC(C3)C12.O=C1OCC2C3CCC(C3)C12.O=C1OCC2C3CCC(C3)C12. The Morgan fingerprint density at radius 1 is 0.320 bits per heavy atom. The normalized spacial score (nSPS) is 32.9. The van der Waals surface area contributed by atoms with Gasteiger partial charge in [-0.3, -0.25) is 38.4 Å². The molecule has 150 heavy (non-hydrogen) atoms. The highest BCUT2D eigenvalue weighted by Crippen LogP contribution is 2.61. The van der Waals surface area contributed by atoms with E-state index in [1.54, 1.807) is 56.1 Å². The number of ether oxygens (including phenoxy) is 21. The highest BCUT2D eigenvalue weighted by Gasteiger charge is 2.62. The molecular weight excluding hydrogens is 1960 g/mol. The van der Waals surface area contributed by atoms with E-state index in [1.807, 2.05) is 0 Å². The Labute approximate surface area is 880 Å². The molecule has 838 valence electrons. The minimum Gasteiger partial charge on any atom is -0.466 e. The van der Waals surface area contributed by atoms with E-state index in [-0.39, 0.29) is 104 Å². The van der Waals surface area contributed by atoms with E-state index >= 15 is 0 Å². The molecule has 30 atom stereocenters. The molecule has 39 nitrogen and oxygen atoms in total. The Balaban J connectivity index is 0.000000283. The van der Waals surface area contributed by atoms with Crippen LogP contribution in [0.15, 0.2) is 112 Å². The van der Waals surface area contributed by atoms with Crippen LogP contribution in [0.3, 0.4) is 0 Å². The molecule has 21 rings (SSSR count). The largest absolute Gasteiger partial charge is 0.466 e. The average molecular weight is 2120 g/mol. The van der Waals surface area contributed by atoms with Gasteiger partial charge < -0.3 is 99.5 Å². The Morgan fingerprint density at radius 3 is 0.840 bits per heavy atom. The van der Waals surface area contributed by atoms with Crippen molar-refractivity contribution in [1.82, 2.24) is 0 Å². The summed E-state index contributed by atoms with van der Waals surface area (Å²) in [4.78, 5) is 192. The number of esters is 18. The van der Waals surface area contributed by atoms with E-state index in [4.69, 9.17) is 52.1 Å². The number of methoxy groups -OCH3 is 9. The van der Waals surface area contributed by atoms with Crippen molar-refractivity contribution in [2.75, 3.05) is 124 Å². The highest BCUT2D eigenvalue weighted by molar-refractivity contribution is 5.89. The number of carbonyl (C=O) groups excluding carboxylic acids is 18. The van der Waals surface area contributed by atoms with Gasteiger partial charge in [0.25, 0.3) is 0 Å². The summed E-state index contributed by atoms with van der Waals surface area (Å²) >= 11 is 0. The molecule has 12 aliphatic carbocycles. The zero-order valence-electron chi connectivity index (χ0n) is 90.3. The molecule has 12 saturated carbocycles. The third kappa shape index (κ3) is 36.9.